The van der Waals surface area contributed by atoms with Crippen molar-refractivity contribution >= 4 is 11.4 Å². The van der Waals surface area contributed by atoms with Crippen LogP contribution in [-0.2, 0) is 6.42 Å². The molecule has 0 radical (unpaired) electrons. The summed E-state index contributed by atoms with van der Waals surface area (Å²) >= 11 is 0. The molecule has 1 aromatic rings. The van der Waals surface area contributed by atoms with Gasteiger partial charge in [0.15, 0.2) is 0 Å². The highest BCUT2D eigenvalue weighted by molar-refractivity contribution is 5.62. The Labute approximate surface area is 117 Å². The zero-order valence-electron chi connectivity index (χ0n) is 12.3. The van der Waals surface area contributed by atoms with Crippen molar-refractivity contribution in [3.05, 3.63) is 23.8 Å². The van der Waals surface area contributed by atoms with Crippen molar-refractivity contribution in [1.29, 1.82) is 0 Å². The molecule has 0 spiro atoms. The number of fused-ring (bicyclic) bond motifs is 1. The quantitative estimate of drug-likeness (QED) is 0.879. The predicted molar refractivity (Wildman–Crippen MR) is 83.1 cm³/mol. The number of hydrogen-bond acceptors (Lipinski definition) is 2. The number of rotatable bonds is 3. The molecular formula is C17H26N2. The molecular weight excluding hydrogens is 232 g/mol. The Balaban J connectivity index is 1.70. The fourth-order valence-electron chi connectivity index (χ4n) is 3.56. The van der Waals surface area contributed by atoms with Crippen LogP contribution in [0.25, 0.3) is 0 Å². The van der Waals surface area contributed by atoms with E-state index in [4.69, 9.17) is 0 Å². The zero-order chi connectivity index (χ0) is 13.2. The minimum atomic E-state index is 0.620. The van der Waals surface area contributed by atoms with E-state index in [9.17, 15) is 0 Å². The van der Waals surface area contributed by atoms with E-state index < -0.39 is 0 Å². The summed E-state index contributed by atoms with van der Waals surface area (Å²) in [5.74, 6) is 0.916. The van der Waals surface area contributed by atoms with Gasteiger partial charge in [-0.25, -0.2) is 0 Å². The van der Waals surface area contributed by atoms with E-state index in [0.717, 1.165) is 5.92 Å². The van der Waals surface area contributed by atoms with Crippen molar-refractivity contribution in [2.75, 3.05) is 23.8 Å². The first kappa shape index (κ1) is 12.8. The number of anilines is 2. The molecule has 0 saturated heterocycles. The van der Waals surface area contributed by atoms with Gasteiger partial charge in [0.05, 0.1) is 0 Å². The fourth-order valence-corrected chi connectivity index (χ4v) is 3.56. The van der Waals surface area contributed by atoms with Crippen LogP contribution in [0.2, 0.25) is 0 Å². The normalized spacial score (nSPS) is 22.9. The lowest BCUT2D eigenvalue weighted by Crippen LogP contribution is -2.25. The second-order valence-corrected chi connectivity index (χ2v) is 6.46. The van der Waals surface area contributed by atoms with Crippen LogP contribution in [-0.4, -0.2) is 19.6 Å². The highest BCUT2D eigenvalue weighted by Gasteiger charge is 2.18. The summed E-state index contributed by atoms with van der Waals surface area (Å²) in [5, 5.41) is 3.58. The van der Waals surface area contributed by atoms with E-state index in [1.165, 1.54) is 62.0 Å². The van der Waals surface area contributed by atoms with Gasteiger partial charge in [0.25, 0.3) is 0 Å². The maximum Gasteiger partial charge on any atom is 0.0376 e. The topological polar surface area (TPSA) is 15.3 Å². The Hall–Kier alpha value is -1.18. The lowest BCUT2D eigenvalue weighted by atomic mass is 9.98. The average molecular weight is 258 g/mol. The molecule has 2 nitrogen and oxygen atoms in total. The van der Waals surface area contributed by atoms with Crippen molar-refractivity contribution < 1.29 is 0 Å². The summed E-state index contributed by atoms with van der Waals surface area (Å²) in [4.78, 5) is 2.45. The third kappa shape index (κ3) is 2.88. The second-order valence-electron chi connectivity index (χ2n) is 6.46. The van der Waals surface area contributed by atoms with Crippen LogP contribution in [0.3, 0.4) is 0 Å². The van der Waals surface area contributed by atoms with E-state index in [2.05, 4.69) is 42.4 Å². The van der Waals surface area contributed by atoms with Crippen molar-refractivity contribution in [1.82, 2.24) is 0 Å². The lowest BCUT2D eigenvalue weighted by molar-refractivity contribution is 0.547. The Morgan fingerprint density at radius 1 is 1.21 bits per heavy atom. The highest BCUT2D eigenvalue weighted by Crippen LogP contribution is 2.31. The molecule has 1 unspecified atom stereocenters. The number of benzene rings is 1. The third-order valence-electron chi connectivity index (χ3n) is 4.78. The molecule has 1 atom stereocenters. The molecule has 1 fully saturated rings. The Bertz CT molecular complexity index is 435. The van der Waals surface area contributed by atoms with E-state index in [1.54, 1.807) is 0 Å². The van der Waals surface area contributed by atoms with Crippen LogP contribution >= 0.6 is 0 Å². The Kier molecular flexibility index (Phi) is 3.67. The number of aryl methyl sites for hydroxylation is 1. The lowest BCUT2D eigenvalue weighted by Gasteiger charge is -2.28. The molecule has 0 aromatic heterocycles. The molecule has 19 heavy (non-hydrogen) atoms. The predicted octanol–water partition coefficient (Wildman–Crippen LogP) is 4.06. The van der Waals surface area contributed by atoms with Crippen LogP contribution < -0.4 is 10.2 Å². The first-order chi connectivity index (χ1) is 9.22. The number of nitrogens with one attached hydrogen (secondary N) is 1. The van der Waals surface area contributed by atoms with Crippen LogP contribution in [0.5, 0.6) is 0 Å². The van der Waals surface area contributed by atoms with E-state index in [0.29, 0.717) is 6.04 Å². The van der Waals surface area contributed by atoms with Crippen molar-refractivity contribution in [3.63, 3.8) is 0 Å². The van der Waals surface area contributed by atoms with Gasteiger partial charge in [-0.1, -0.05) is 12.8 Å². The second kappa shape index (κ2) is 5.44. The highest BCUT2D eigenvalue weighted by atomic mass is 15.1. The number of hydrogen-bond donors (Lipinski definition) is 1. The van der Waals surface area contributed by atoms with Gasteiger partial charge in [-0.3, -0.25) is 0 Å². The smallest absolute Gasteiger partial charge is 0.0376 e. The average Bonchev–Trinajstić information content (AvgIpc) is 2.91. The third-order valence-corrected chi connectivity index (χ3v) is 4.78. The summed E-state index contributed by atoms with van der Waals surface area (Å²) < 4.78 is 0. The molecule has 1 aliphatic carbocycles. The minimum Gasteiger partial charge on any atom is -0.382 e. The molecule has 104 valence electrons. The molecule has 1 aliphatic heterocycles. The molecule has 1 heterocycles. The van der Waals surface area contributed by atoms with Crippen molar-refractivity contribution in [2.45, 2.75) is 51.5 Å². The van der Waals surface area contributed by atoms with E-state index in [-0.39, 0.29) is 0 Å². The van der Waals surface area contributed by atoms with Gasteiger partial charge in [-0.2, -0.15) is 0 Å². The van der Waals surface area contributed by atoms with E-state index in [1.807, 2.05) is 0 Å². The molecule has 0 amide bonds. The molecule has 0 bridgehead atoms. The fraction of sp³-hybridized carbons (Fsp3) is 0.647. The first-order valence-corrected chi connectivity index (χ1v) is 7.83. The maximum absolute atomic E-state index is 3.58. The van der Waals surface area contributed by atoms with Crippen LogP contribution in [0, 0.1) is 5.92 Å². The van der Waals surface area contributed by atoms with Gasteiger partial charge >= 0.3 is 0 Å². The Morgan fingerprint density at radius 2 is 2.00 bits per heavy atom. The summed E-state index contributed by atoms with van der Waals surface area (Å²) in [5.41, 5.74) is 4.23. The van der Waals surface area contributed by atoms with Crippen molar-refractivity contribution in [3.8, 4) is 0 Å². The van der Waals surface area contributed by atoms with Crippen LogP contribution in [0.15, 0.2) is 18.2 Å². The van der Waals surface area contributed by atoms with Gasteiger partial charge in [0, 0.05) is 31.0 Å². The number of nitrogens with zero attached hydrogens (tertiary/aromatic N) is 1. The molecule has 1 aromatic carbocycles. The van der Waals surface area contributed by atoms with Gasteiger partial charge < -0.3 is 10.2 Å². The SMILES string of the molecule is CC1CCc2cc(N(C)CC3CCCC3)ccc2N1. The zero-order valence-corrected chi connectivity index (χ0v) is 12.3. The molecule has 2 heteroatoms. The summed E-state index contributed by atoms with van der Waals surface area (Å²) in [7, 11) is 2.25. The summed E-state index contributed by atoms with van der Waals surface area (Å²) in [6.07, 6.45) is 8.19. The Morgan fingerprint density at radius 3 is 2.79 bits per heavy atom. The van der Waals surface area contributed by atoms with E-state index >= 15 is 0 Å². The van der Waals surface area contributed by atoms with Gasteiger partial charge in [-0.05, 0) is 62.3 Å². The summed E-state index contributed by atoms with van der Waals surface area (Å²) in [6.45, 7) is 3.49. The minimum absolute atomic E-state index is 0.620. The van der Waals surface area contributed by atoms with Gasteiger partial charge in [0.1, 0.15) is 0 Å². The maximum atomic E-state index is 3.58. The molecule has 1 N–H and O–H groups in total. The first-order valence-electron chi connectivity index (χ1n) is 7.83. The molecule has 2 aliphatic rings. The standard InChI is InChI=1S/C17H26N2/c1-13-7-8-15-11-16(9-10-17(15)18-13)19(2)12-14-5-3-4-6-14/h9-11,13-14,18H,3-8,12H2,1-2H3. The molecule has 3 rings (SSSR count). The summed E-state index contributed by atoms with van der Waals surface area (Å²) in [6, 6.07) is 7.56. The van der Waals surface area contributed by atoms with Gasteiger partial charge in [0.2, 0.25) is 0 Å². The van der Waals surface area contributed by atoms with Crippen LogP contribution in [0.1, 0.15) is 44.6 Å². The monoisotopic (exact) mass is 258 g/mol. The molecule has 1 saturated carbocycles. The van der Waals surface area contributed by atoms with Crippen molar-refractivity contribution in [2.24, 2.45) is 5.92 Å². The largest absolute Gasteiger partial charge is 0.382 e. The van der Waals surface area contributed by atoms with Crippen LogP contribution in [0.4, 0.5) is 11.4 Å². The van der Waals surface area contributed by atoms with Gasteiger partial charge in [-0.15, -0.1) is 0 Å².